The minimum absolute atomic E-state index is 0.181. The molecule has 4 rings (SSSR count). The molecule has 0 unspecified atom stereocenters. The molecule has 0 aromatic rings. The SMILES string of the molecule is CC1(C)[C@H]2CC[C@@]3(CC3(F)F)[C@@H]1C2. The van der Waals surface area contributed by atoms with E-state index in [0.29, 0.717) is 5.92 Å². The van der Waals surface area contributed by atoms with Gasteiger partial charge in [-0.2, -0.15) is 0 Å². The Morgan fingerprint density at radius 1 is 1.23 bits per heavy atom. The van der Waals surface area contributed by atoms with Crippen LogP contribution >= 0.6 is 0 Å². The van der Waals surface area contributed by atoms with Gasteiger partial charge in [0.2, 0.25) is 0 Å². The molecule has 13 heavy (non-hydrogen) atoms. The first-order valence-electron chi connectivity index (χ1n) is 5.28. The van der Waals surface area contributed by atoms with Gasteiger partial charge in [-0.05, 0) is 36.5 Å². The minimum Gasteiger partial charge on any atom is -0.206 e. The van der Waals surface area contributed by atoms with E-state index in [4.69, 9.17) is 0 Å². The molecular weight excluding hydrogens is 170 g/mol. The second-order valence-electron chi connectivity index (χ2n) is 5.88. The molecule has 0 nitrogen and oxygen atoms in total. The van der Waals surface area contributed by atoms with Crippen molar-refractivity contribution in [2.45, 2.75) is 45.5 Å². The summed E-state index contributed by atoms with van der Waals surface area (Å²) >= 11 is 0. The summed E-state index contributed by atoms with van der Waals surface area (Å²) in [7, 11) is 0. The van der Waals surface area contributed by atoms with E-state index in [9.17, 15) is 8.78 Å². The molecule has 0 saturated heterocycles. The summed E-state index contributed by atoms with van der Waals surface area (Å²) in [4.78, 5) is 0. The van der Waals surface area contributed by atoms with Crippen molar-refractivity contribution in [2.75, 3.05) is 0 Å². The first kappa shape index (κ1) is 8.19. The summed E-state index contributed by atoms with van der Waals surface area (Å²) < 4.78 is 26.6. The van der Waals surface area contributed by atoms with Crippen LogP contribution in [-0.2, 0) is 0 Å². The van der Waals surface area contributed by atoms with E-state index in [1.54, 1.807) is 0 Å². The fraction of sp³-hybridized carbons (Fsp3) is 1.00. The van der Waals surface area contributed by atoms with Crippen molar-refractivity contribution in [3.63, 3.8) is 0 Å². The van der Waals surface area contributed by atoms with Gasteiger partial charge >= 0.3 is 0 Å². The summed E-state index contributed by atoms with van der Waals surface area (Å²) in [6.45, 7) is 4.36. The highest BCUT2D eigenvalue weighted by atomic mass is 19.3. The number of hydrogen-bond acceptors (Lipinski definition) is 0. The van der Waals surface area contributed by atoms with E-state index >= 15 is 0 Å². The monoisotopic (exact) mass is 186 g/mol. The summed E-state index contributed by atoms with van der Waals surface area (Å²) in [5, 5.41) is 0. The van der Waals surface area contributed by atoms with Gasteiger partial charge in [-0.1, -0.05) is 13.8 Å². The Balaban J connectivity index is 1.94. The Morgan fingerprint density at radius 2 is 1.85 bits per heavy atom. The molecule has 4 saturated carbocycles. The van der Waals surface area contributed by atoms with Crippen LogP contribution in [-0.4, -0.2) is 5.92 Å². The summed E-state index contributed by atoms with van der Waals surface area (Å²) in [6.07, 6.45) is 3.08. The first-order chi connectivity index (χ1) is 5.90. The third-order valence-corrected chi connectivity index (χ3v) is 5.22. The Hall–Kier alpha value is -0.140. The highest BCUT2D eigenvalue weighted by Crippen LogP contribution is 2.79. The van der Waals surface area contributed by atoms with Gasteiger partial charge in [0.1, 0.15) is 0 Å². The van der Waals surface area contributed by atoms with Crippen LogP contribution in [0.3, 0.4) is 0 Å². The third-order valence-electron chi connectivity index (χ3n) is 5.22. The topological polar surface area (TPSA) is 0 Å². The smallest absolute Gasteiger partial charge is 0.206 e. The molecule has 4 aliphatic carbocycles. The van der Waals surface area contributed by atoms with Gasteiger partial charge in [-0.3, -0.25) is 0 Å². The predicted molar refractivity (Wildman–Crippen MR) is 46.6 cm³/mol. The quantitative estimate of drug-likeness (QED) is 0.543. The van der Waals surface area contributed by atoms with E-state index in [1.807, 2.05) is 0 Å². The van der Waals surface area contributed by atoms with Crippen molar-refractivity contribution in [3.8, 4) is 0 Å². The zero-order valence-electron chi connectivity index (χ0n) is 8.24. The van der Waals surface area contributed by atoms with Crippen LogP contribution in [0.4, 0.5) is 8.78 Å². The van der Waals surface area contributed by atoms with Crippen molar-refractivity contribution in [1.29, 1.82) is 0 Å². The van der Waals surface area contributed by atoms with Gasteiger partial charge in [0.05, 0.1) is 0 Å². The van der Waals surface area contributed by atoms with Crippen LogP contribution in [0.25, 0.3) is 0 Å². The molecule has 0 heterocycles. The minimum atomic E-state index is -2.32. The van der Waals surface area contributed by atoms with Gasteiger partial charge in [0.15, 0.2) is 0 Å². The highest BCUT2D eigenvalue weighted by molar-refractivity contribution is 5.22. The Bertz CT molecular complexity index is 267. The normalized spacial score (nSPS) is 54.5. The molecule has 4 fully saturated rings. The number of alkyl halides is 2. The average Bonchev–Trinajstić information content (AvgIpc) is 2.51. The van der Waals surface area contributed by atoms with Crippen LogP contribution in [0.2, 0.25) is 0 Å². The lowest BCUT2D eigenvalue weighted by atomic mass is 9.44. The van der Waals surface area contributed by atoms with Crippen molar-refractivity contribution in [1.82, 2.24) is 0 Å². The van der Waals surface area contributed by atoms with Crippen LogP contribution < -0.4 is 0 Å². The molecule has 0 N–H and O–H groups in total. The number of halogens is 2. The maximum Gasteiger partial charge on any atom is 0.254 e. The molecule has 2 heteroatoms. The van der Waals surface area contributed by atoms with Crippen molar-refractivity contribution < 1.29 is 8.78 Å². The maximum atomic E-state index is 13.3. The standard InChI is InChI=1S/C11H16F2/c1-9(2)7-3-4-10(8(9)5-7)6-11(10,12)13/h7-8H,3-6H2,1-2H3/t7-,8+,10+/m0/s1. The van der Waals surface area contributed by atoms with Gasteiger partial charge in [0, 0.05) is 11.8 Å². The zero-order valence-corrected chi connectivity index (χ0v) is 8.24. The molecule has 1 spiro atoms. The Kier molecular flexibility index (Phi) is 1.14. The van der Waals surface area contributed by atoms with E-state index in [0.717, 1.165) is 25.2 Å². The van der Waals surface area contributed by atoms with Crippen LogP contribution in [0, 0.1) is 22.7 Å². The molecule has 0 aromatic carbocycles. The largest absolute Gasteiger partial charge is 0.254 e. The van der Waals surface area contributed by atoms with E-state index in [1.165, 1.54) is 0 Å². The maximum absolute atomic E-state index is 13.3. The van der Waals surface area contributed by atoms with Gasteiger partial charge in [0.25, 0.3) is 5.92 Å². The van der Waals surface area contributed by atoms with Crippen molar-refractivity contribution >= 4 is 0 Å². The third kappa shape index (κ3) is 0.691. The van der Waals surface area contributed by atoms with Gasteiger partial charge in [-0.25, -0.2) is 8.78 Å². The van der Waals surface area contributed by atoms with Crippen LogP contribution in [0.15, 0.2) is 0 Å². The molecule has 2 bridgehead atoms. The van der Waals surface area contributed by atoms with E-state index in [-0.39, 0.29) is 11.8 Å². The molecule has 0 aromatic heterocycles. The molecule has 0 aliphatic heterocycles. The zero-order chi connectivity index (χ0) is 9.48. The fourth-order valence-electron chi connectivity index (χ4n) is 4.05. The molecule has 74 valence electrons. The lowest BCUT2D eigenvalue weighted by Gasteiger charge is -2.60. The summed E-state index contributed by atoms with van der Waals surface area (Å²) in [5.74, 6) is -1.27. The Morgan fingerprint density at radius 3 is 2.15 bits per heavy atom. The lowest BCUT2D eigenvalue weighted by Crippen LogP contribution is -2.54. The molecular formula is C11H16F2. The van der Waals surface area contributed by atoms with Crippen molar-refractivity contribution in [2.24, 2.45) is 22.7 Å². The summed E-state index contributed by atoms with van der Waals surface area (Å²) in [5.41, 5.74) is -0.344. The predicted octanol–water partition coefficient (Wildman–Crippen LogP) is 3.47. The average molecular weight is 186 g/mol. The molecule has 4 aliphatic rings. The molecule has 0 amide bonds. The highest BCUT2D eigenvalue weighted by Gasteiger charge is 2.80. The molecule has 3 atom stereocenters. The van der Waals surface area contributed by atoms with Crippen LogP contribution in [0.5, 0.6) is 0 Å². The van der Waals surface area contributed by atoms with E-state index in [2.05, 4.69) is 13.8 Å². The Labute approximate surface area is 77.7 Å². The van der Waals surface area contributed by atoms with Gasteiger partial charge < -0.3 is 0 Å². The molecule has 0 radical (unpaired) electrons. The second-order valence-corrected chi connectivity index (χ2v) is 5.88. The summed E-state index contributed by atoms with van der Waals surface area (Å²) in [6, 6.07) is 0. The fourth-order valence-corrected chi connectivity index (χ4v) is 4.05. The number of rotatable bonds is 0. The number of fused-ring (bicyclic) bond motifs is 1. The van der Waals surface area contributed by atoms with Crippen LogP contribution in [0.1, 0.15) is 39.5 Å². The lowest BCUT2D eigenvalue weighted by molar-refractivity contribution is -0.148. The van der Waals surface area contributed by atoms with E-state index < -0.39 is 11.3 Å². The number of hydrogen-bond donors (Lipinski definition) is 0. The van der Waals surface area contributed by atoms with Crippen molar-refractivity contribution in [3.05, 3.63) is 0 Å². The second kappa shape index (κ2) is 1.80. The first-order valence-corrected chi connectivity index (χ1v) is 5.28. The van der Waals surface area contributed by atoms with Gasteiger partial charge in [-0.15, -0.1) is 0 Å².